The van der Waals surface area contributed by atoms with Crippen molar-refractivity contribution >= 4 is 5.91 Å². The maximum Gasteiger partial charge on any atom is 0.220 e. The van der Waals surface area contributed by atoms with Crippen LogP contribution >= 0.6 is 0 Å². The van der Waals surface area contributed by atoms with Gasteiger partial charge in [-0.05, 0) is 44.9 Å². The number of nitrogens with one attached hydrogen (secondary N) is 1. The summed E-state index contributed by atoms with van der Waals surface area (Å²) < 4.78 is 0. The largest absolute Gasteiger partial charge is 0.394 e. The van der Waals surface area contributed by atoms with Gasteiger partial charge in [0.05, 0.1) is 18.8 Å². The molecule has 0 heterocycles. The van der Waals surface area contributed by atoms with Gasteiger partial charge in [0.1, 0.15) is 0 Å². The van der Waals surface area contributed by atoms with Crippen molar-refractivity contribution in [2.75, 3.05) is 6.61 Å². The molecule has 3 N–H and O–H groups in total. The number of carbonyl (C=O) groups is 1. The molecule has 4 heteroatoms. The van der Waals surface area contributed by atoms with Crippen molar-refractivity contribution in [2.24, 2.45) is 0 Å². The molecule has 0 radical (unpaired) electrons. The lowest BCUT2D eigenvalue weighted by Gasteiger charge is -2.22. The van der Waals surface area contributed by atoms with Crippen LogP contribution < -0.4 is 5.32 Å². The van der Waals surface area contributed by atoms with Crippen LogP contribution in [-0.4, -0.2) is 34.9 Å². The summed E-state index contributed by atoms with van der Waals surface area (Å²) in [5.41, 5.74) is 0. The topological polar surface area (TPSA) is 69.6 Å². The number of allylic oxidation sites excluding steroid dienone is 4. The second-order valence-corrected chi connectivity index (χ2v) is 16.5. The van der Waals surface area contributed by atoms with E-state index in [-0.39, 0.29) is 12.5 Å². The number of carbonyl (C=O) groups excluding carboxylic acids is 1. The molecule has 1 amide bonds. The number of hydrogen-bond acceptors (Lipinski definition) is 3. The van der Waals surface area contributed by atoms with Crippen LogP contribution in [0.5, 0.6) is 0 Å². The Morgan fingerprint density at radius 2 is 0.774 bits per heavy atom. The van der Waals surface area contributed by atoms with Crippen LogP contribution in [0.2, 0.25) is 0 Å². The van der Waals surface area contributed by atoms with Crippen molar-refractivity contribution in [3.63, 3.8) is 0 Å². The molecule has 0 saturated carbocycles. The molecule has 0 aromatic heterocycles. The van der Waals surface area contributed by atoms with Crippen molar-refractivity contribution in [1.82, 2.24) is 5.32 Å². The predicted octanol–water partition coefficient (Wildman–Crippen LogP) is 15.2. The molecule has 53 heavy (non-hydrogen) atoms. The minimum absolute atomic E-state index is 0.0365. The van der Waals surface area contributed by atoms with Crippen LogP contribution in [0.1, 0.15) is 264 Å². The molecule has 314 valence electrons. The number of amides is 1. The van der Waals surface area contributed by atoms with Crippen molar-refractivity contribution in [1.29, 1.82) is 0 Å². The van der Waals surface area contributed by atoms with Crippen molar-refractivity contribution in [2.45, 2.75) is 276 Å². The van der Waals surface area contributed by atoms with Crippen molar-refractivity contribution in [3.05, 3.63) is 24.3 Å². The van der Waals surface area contributed by atoms with E-state index in [1.54, 1.807) is 0 Å². The van der Waals surface area contributed by atoms with Gasteiger partial charge >= 0.3 is 0 Å². The van der Waals surface area contributed by atoms with E-state index in [9.17, 15) is 15.0 Å². The first-order valence-corrected chi connectivity index (χ1v) is 24.0. The third-order valence-corrected chi connectivity index (χ3v) is 11.2. The summed E-state index contributed by atoms with van der Waals surface area (Å²) in [7, 11) is 0. The van der Waals surface area contributed by atoms with Crippen LogP contribution in [0.4, 0.5) is 0 Å². The number of unbranched alkanes of at least 4 members (excludes halogenated alkanes) is 33. The first-order chi connectivity index (χ1) is 26.2. The fourth-order valence-corrected chi connectivity index (χ4v) is 7.51. The molecule has 0 aliphatic heterocycles. The Morgan fingerprint density at radius 3 is 1.15 bits per heavy atom. The molecule has 0 rings (SSSR count). The van der Waals surface area contributed by atoms with Gasteiger partial charge in [0.15, 0.2) is 0 Å². The molecule has 2 unspecified atom stereocenters. The molecule has 0 aromatic rings. The standard InChI is InChI=1S/C49H95NO3/c1-3-5-7-9-11-13-15-17-19-21-23-24-25-26-27-28-30-32-34-36-38-40-42-44-48(52)47(46-51)50-49(53)45-43-41-39-37-35-33-31-29-22-20-18-16-14-12-10-8-6-4-2/h14,16,20,22,47-48,51-52H,3-13,15,17-19,21,23-46H2,1-2H3,(H,50,53)/b16-14-,22-20-. The molecule has 0 aliphatic rings. The number of aliphatic hydroxyl groups is 2. The van der Waals surface area contributed by atoms with E-state index in [0.29, 0.717) is 12.8 Å². The quantitative estimate of drug-likeness (QED) is 0.0430. The third kappa shape index (κ3) is 41.9. The monoisotopic (exact) mass is 746 g/mol. The van der Waals surface area contributed by atoms with Gasteiger partial charge in [0.25, 0.3) is 0 Å². The Morgan fingerprint density at radius 1 is 0.453 bits per heavy atom. The highest BCUT2D eigenvalue weighted by Crippen LogP contribution is 2.17. The van der Waals surface area contributed by atoms with E-state index in [4.69, 9.17) is 0 Å². The van der Waals surface area contributed by atoms with Crippen LogP contribution in [0, 0.1) is 0 Å². The van der Waals surface area contributed by atoms with E-state index < -0.39 is 12.1 Å². The van der Waals surface area contributed by atoms with E-state index in [1.165, 1.54) is 205 Å². The SMILES string of the molecule is CCCCCC/C=C\C/C=C\CCCCCCCCCC(=O)NC(CO)C(O)CCCCCCCCCCCCCCCCCCCCCCCCC. The van der Waals surface area contributed by atoms with Crippen LogP contribution in [0.3, 0.4) is 0 Å². The average Bonchev–Trinajstić information content (AvgIpc) is 3.16. The zero-order valence-electron chi connectivity index (χ0n) is 36.1. The lowest BCUT2D eigenvalue weighted by Crippen LogP contribution is -2.45. The maximum absolute atomic E-state index is 12.4. The Labute approximate surface area is 332 Å². The predicted molar refractivity (Wildman–Crippen MR) is 235 cm³/mol. The van der Waals surface area contributed by atoms with E-state index in [2.05, 4.69) is 43.5 Å². The summed E-state index contributed by atoms with van der Waals surface area (Å²) in [5.74, 6) is -0.0365. The van der Waals surface area contributed by atoms with Gasteiger partial charge in [-0.15, -0.1) is 0 Å². The summed E-state index contributed by atoms with van der Waals surface area (Å²) in [6.45, 7) is 4.36. The molecule has 0 fully saturated rings. The van der Waals surface area contributed by atoms with Gasteiger partial charge in [0.2, 0.25) is 5.91 Å². The minimum atomic E-state index is -0.662. The molecule has 4 nitrogen and oxygen atoms in total. The van der Waals surface area contributed by atoms with Crippen LogP contribution in [-0.2, 0) is 4.79 Å². The van der Waals surface area contributed by atoms with Gasteiger partial charge in [0, 0.05) is 6.42 Å². The fourth-order valence-electron chi connectivity index (χ4n) is 7.51. The van der Waals surface area contributed by atoms with Crippen molar-refractivity contribution < 1.29 is 15.0 Å². The molecule has 0 spiro atoms. The molecule has 0 saturated heterocycles. The lowest BCUT2D eigenvalue weighted by atomic mass is 10.0. The van der Waals surface area contributed by atoms with E-state index in [0.717, 1.165) is 32.1 Å². The molecule has 0 aliphatic carbocycles. The van der Waals surface area contributed by atoms with Gasteiger partial charge in [-0.3, -0.25) is 4.79 Å². The van der Waals surface area contributed by atoms with E-state index >= 15 is 0 Å². The summed E-state index contributed by atoms with van der Waals surface area (Å²) >= 11 is 0. The second-order valence-electron chi connectivity index (χ2n) is 16.5. The highest BCUT2D eigenvalue weighted by Gasteiger charge is 2.20. The molecular weight excluding hydrogens is 651 g/mol. The maximum atomic E-state index is 12.4. The summed E-state index contributed by atoms with van der Waals surface area (Å²) in [5, 5.41) is 23.2. The van der Waals surface area contributed by atoms with E-state index in [1.807, 2.05) is 0 Å². The third-order valence-electron chi connectivity index (χ3n) is 11.2. The zero-order chi connectivity index (χ0) is 38.6. The Balaban J connectivity index is 3.48. The Kier molecular flexibility index (Phi) is 44.3. The highest BCUT2D eigenvalue weighted by molar-refractivity contribution is 5.76. The fraction of sp³-hybridized carbons (Fsp3) is 0.898. The van der Waals surface area contributed by atoms with Crippen LogP contribution in [0.15, 0.2) is 24.3 Å². The van der Waals surface area contributed by atoms with Crippen LogP contribution in [0.25, 0.3) is 0 Å². The zero-order valence-corrected chi connectivity index (χ0v) is 36.1. The lowest BCUT2D eigenvalue weighted by molar-refractivity contribution is -0.123. The second kappa shape index (κ2) is 45.3. The van der Waals surface area contributed by atoms with Gasteiger partial charge in [-0.1, -0.05) is 237 Å². The molecular formula is C49H95NO3. The normalized spacial score (nSPS) is 13.1. The minimum Gasteiger partial charge on any atom is -0.394 e. The highest BCUT2D eigenvalue weighted by atomic mass is 16.3. The average molecular weight is 746 g/mol. The smallest absolute Gasteiger partial charge is 0.220 e. The summed E-state index contributed by atoms with van der Waals surface area (Å²) in [4.78, 5) is 12.4. The van der Waals surface area contributed by atoms with Gasteiger partial charge < -0.3 is 15.5 Å². The van der Waals surface area contributed by atoms with Gasteiger partial charge in [-0.25, -0.2) is 0 Å². The first kappa shape index (κ1) is 51.9. The number of hydrogen-bond donors (Lipinski definition) is 3. The molecule has 0 bridgehead atoms. The molecule has 0 aromatic carbocycles. The number of rotatable bonds is 44. The number of aliphatic hydroxyl groups excluding tert-OH is 2. The van der Waals surface area contributed by atoms with Gasteiger partial charge in [-0.2, -0.15) is 0 Å². The van der Waals surface area contributed by atoms with Crippen molar-refractivity contribution in [3.8, 4) is 0 Å². The Hall–Kier alpha value is -1.13. The summed E-state index contributed by atoms with van der Waals surface area (Å²) in [6, 6.07) is -0.539. The Bertz CT molecular complexity index is 765. The first-order valence-electron chi connectivity index (χ1n) is 24.0. The summed E-state index contributed by atoms with van der Waals surface area (Å²) in [6.07, 6.45) is 58.4. The molecule has 2 atom stereocenters.